The van der Waals surface area contributed by atoms with E-state index < -0.39 is 0 Å². The smallest absolute Gasteiger partial charge is 0.0579 e. The van der Waals surface area contributed by atoms with Crippen LogP contribution in [-0.4, -0.2) is 51.6 Å². The summed E-state index contributed by atoms with van der Waals surface area (Å²) >= 11 is 3.64. The average Bonchev–Trinajstić information content (AvgIpc) is 1.00. The van der Waals surface area contributed by atoms with Gasteiger partial charge in [0.15, 0.2) is 0 Å². The second-order valence-corrected chi connectivity index (χ2v) is 0. The molecule has 0 atom stereocenters. The molecule has 0 aromatic heterocycles. The van der Waals surface area contributed by atoms with Gasteiger partial charge in [0.1, 0.15) is 0 Å². The Morgan fingerprint density at radius 2 is 1.25 bits per heavy atom. The van der Waals surface area contributed by atoms with Gasteiger partial charge < -0.3 is 0 Å². The zero-order chi connectivity index (χ0) is 2.00. The van der Waals surface area contributed by atoms with Crippen LogP contribution in [0.25, 0.3) is 0 Å². The fourth-order valence-electron chi connectivity index (χ4n) is 0. The third-order valence-corrected chi connectivity index (χ3v) is 0. The van der Waals surface area contributed by atoms with Gasteiger partial charge in [0, 0.05) is 46.9 Å². The van der Waals surface area contributed by atoms with Crippen molar-refractivity contribution < 1.29 is 4.66 Å². The molecule has 0 amide bonds. The van der Waals surface area contributed by atoms with Crippen LogP contribution >= 0.6 is 11.9 Å². The van der Waals surface area contributed by atoms with E-state index in [0.29, 0.717) is 0 Å². The normalized spacial score (nSPS) is 1.50. The van der Waals surface area contributed by atoms with Crippen LogP contribution in [0.15, 0.2) is 0 Å². The summed E-state index contributed by atoms with van der Waals surface area (Å²) in [6.45, 7) is 0. The molecule has 0 fully saturated rings. The summed E-state index contributed by atoms with van der Waals surface area (Å²) in [5, 5.41) is 0. The second-order valence-electron chi connectivity index (χ2n) is 0. The second kappa shape index (κ2) is 21.5. The van der Waals surface area contributed by atoms with Crippen molar-refractivity contribution in [3.63, 3.8) is 0 Å². The quantitative estimate of drug-likeness (QED) is 0.404. The predicted molar refractivity (Wildman–Crippen MR) is 19.6 cm³/mol. The fourth-order valence-corrected chi connectivity index (χ4v) is 0. The molecule has 0 heterocycles. The predicted octanol–water partition coefficient (Wildman–Crippen LogP) is -0.629. The van der Waals surface area contributed by atoms with E-state index in [9.17, 15) is 0 Å². The maximum absolute atomic E-state index is 6.47. The molecule has 18 valence electrons. The average molecular weight is 102 g/mol. The Kier molecular flexibility index (Phi) is 92.0. The maximum Gasteiger partial charge on any atom is 0.0579 e. The molecular weight excluding hydrogens is 101 g/mol. The van der Waals surface area contributed by atoms with E-state index in [1.165, 1.54) is 0 Å². The van der Waals surface area contributed by atoms with E-state index in [2.05, 4.69) is 11.9 Å². The minimum absolute atomic E-state index is 0. The Morgan fingerprint density at radius 3 is 1.25 bits per heavy atom. The van der Waals surface area contributed by atoms with Gasteiger partial charge in [0.2, 0.25) is 0 Å². The van der Waals surface area contributed by atoms with E-state index in [1.807, 2.05) is 0 Å². The Balaban J connectivity index is -0.00000000500. The summed E-state index contributed by atoms with van der Waals surface area (Å²) in [6, 6.07) is 0. The van der Waals surface area contributed by atoms with Crippen molar-refractivity contribution in [2.75, 3.05) is 0 Å². The minimum Gasteiger partial charge on any atom is -0.295 e. The van der Waals surface area contributed by atoms with Crippen LogP contribution in [0.3, 0.4) is 0 Å². The number of rotatable bonds is 0. The first-order valence-electron chi connectivity index (χ1n) is 0.169. The molecule has 0 aliphatic heterocycles. The zero-order valence-electron chi connectivity index (χ0n) is 2.40. The van der Waals surface area contributed by atoms with E-state index in [-0.39, 0.29) is 46.9 Å². The van der Waals surface area contributed by atoms with Gasteiger partial charge in [-0.15, -0.1) is 0 Å². The van der Waals surface area contributed by atoms with Crippen LogP contribution in [0.2, 0.25) is 0 Å². The molecule has 0 aromatic carbocycles. The fraction of sp³-hybridized carbons (Fsp3) is 0. The molecule has 4 radical (unpaired) electrons. The van der Waals surface area contributed by atoms with Gasteiger partial charge in [-0.2, -0.15) is 0 Å². The molecule has 0 aliphatic carbocycles. The van der Waals surface area contributed by atoms with Gasteiger partial charge in [0.25, 0.3) is 0 Å². The van der Waals surface area contributed by atoms with E-state index in [4.69, 9.17) is 4.66 Å². The Labute approximate surface area is 62.9 Å². The molecule has 4 heavy (non-hydrogen) atoms. The van der Waals surface area contributed by atoms with Crippen molar-refractivity contribution in [1.29, 1.82) is 0 Å². The van der Waals surface area contributed by atoms with Crippen molar-refractivity contribution in [1.82, 2.24) is 0 Å². The van der Waals surface area contributed by atoms with Crippen molar-refractivity contribution in [2.24, 2.45) is 0 Å². The van der Waals surface area contributed by atoms with Crippen LogP contribution in [0.1, 0.15) is 0 Å². The molecule has 0 saturated heterocycles. The van der Waals surface area contributed by atoms with Gasteiger partial charge in [-0.25, -0.2) is 0 Å². The number of hydrogen-bond donors (Lipinski definition) is 1. The van der Waals surface area contributed by atoms with Gasteiger partial charge >= 0.3 is 0 Å². The van der Waals surface area contributed by atoms with Crippen LogP contribution in [-0.2, 0) is 0 Å². The summed E-state index contributed by atoms with van der Waals surface area (Å²) in [6.07, 6.45) is 0. The van der Waals surface area contributed by atoms with Crippen molar-refractivity contribution in [3.8, 4) is 0 Å². The molecule has 1 N–H and O–H groups in total. The molecule has 0 spiro atoms. The summed E-state index contributed by atoms with van der Waals surface area (Å²) in [5.41, 5.74) is 0. The molecule has 0 saturated carbocycles. The monoisotopic (exact) mass is 102 g/mol. The molecule has 0 unspecified atom stereocenters. The SMILES string of the molecule is OCl.[Al].[Na]. The van der Waals surface area contributed by atoms with Crippen LogP contribution in [0.4, 0.5) is 0 Å². The molecule has 1 nitrogen and oxygen atoms in total. The minimum atomic E-state index is 0. The summed E-state index contributed by atoms with van der Waals surface area (Å²) in [4.78, 5) is 0. The van der Waals surface area contributed by atoms with Crippen molar-refractivity contribution in [2.45, 2.75) is 0 Å². The number of halogens is 1. The first-order valence-corrected chi connectivity index (χ1v) is 0.507. The molecule has 0 bridgehead atoms. The Morgan fingerprint density at radius 1 is 1.25 bits per heavy atom. The summed E-state index contributed by atoms with van der Waals surface area (Å²) < 4.78 is 6.47. The van der Waals surface area contributed by atoms with E-state index in [0.717, 1.165) is 0 Å². The molecule has 0 aliphatic rings. The standard InChI is InChI=1S/Al.ClHO.Na/c;1-2;/h;2H;. The molecule has 0 rings (SSSR count). The van der Waals surface area contributed by atoms with Crippen molar-refractivity contribution >= 4 is 58.8 Å². The molecule has 0 aromatic rings. The molecular formula is HAlClNaO. The first kappa shape index (κ1) is 17.1. The largest absolute Gasteiger partial charge is 0.295 e. The molecule has 4 heteroatoms. The van der Waals surface area contributed by atoms with Gasteiger partial charge in [-0.1, -0.05) is 0 Å². The Hall–Kier alpha value is 1.78. The van der Waals surface area contributed by atoms with Gasteiger partial charge in [-0.3, -0.25) is 4.66 Å². The first-order chi connectivity index (χ1) is 1.00. The maximum atomic E-state index is 6.47. The third kappa shape index (κ3) is 9.22. The topological polar surface area (TPSA) is 20.2 Å². The van der Waals surface area contributed by atoms with Crippen LogP contribution < -0.4 is 0 Å². The summed E-state index contributed by atoms with van der Waals surface area (Å²) in [7, 11) is 0. The number of hydrogen-bond acceptors (Lipinski definition) is 1. The van der Waals surface area contributed by atoms with Gasteiger partial charge in [-0.05, 0) is 0 Å². The third-order valence-electron chi connectivity index (χ3n) is 0. The Bertz CT molecular complexity index is 8.00. The zero-order valence-corrected chi connectivity index (χ0v) is 6.31. The van der Waals surface area contributed by atoms with Gasteiger partial charge in [0.05, 0.1) is 11.9 Å². The van der Waals surface area contributed by atoms with Crippen LogP contribution in [0.5, 0.6) is 0 Å². The van der Waals surface area contributed by atoms with Crippen LogP contribution in [0, 0.1) is 0 Å². The van der Waals surface area contributed by atoms with E-state index in [1.54, 1.807) is 0 Å². The van der Waals surface area contributed by atoms with Crippen molar-refractivity contribution in [3.05, 3.63) is 0 Å². The van der Waals surface area contributed by atoms with E-state index >= 15 is 0 Å². The summed E-state index contributed by atoms with van der Waals surface area (Å²) in [5.74, 6) is 0.